The van der Waals surface area contributed by atoms with Crippen LogP contribution in [0.1, 0.15) is 28.5 Å². The predicted molar refractivity (Wildman–Crippen MR) is 58.0 cm³/mol. The van der Waals surface area contributed by atoms with Crippen LogP contribution in [-0.2, 0) is 0 Å². The largest absolute Gasteiger partial charge is 0.478 e. The monoisotopic (exact) mass is 207 g/mol. The van der Waals surface area contributed by atoms with Crippen molar-refractivity contribution < 1.29 is 9.90 Å². The second kappa shape index (κ2) is 4.08. The highest BCUT2D eigenvalue weighted by molar-refractivity contribution is 6.09. The Labute approximate surface area is 87.7 Å². The van der Waals surface area contributed by atoms with Crippen LogP contribution in [0.5, 0.6) is 0 Å². The van der Waals surface area contributed by atoms with Crippen LogP contribution in [0.25, 0.3) is 0 Å². The molecule has 0 radical (unpaired) electrons. The van der Waals surface area contributed by atoms with E-state index in [1.807, 2.05) is 0 Å². The van der Waals surface area contributed by atoms with Crippen LogP contribution in [0.15, 0.2) is 6.07 Å². The number of carboxylic acids is 1. The van der Waals surface area contributed by atoms with Gasteiger partial charge in [0.25, 0.3) is 0 Å². The van der Waals surface area contributed by atoms with Crippen molar-refractivity contribution in [2.45, 2.75) is 13.8 Å². The molecule has 1 heterocycles. The van der Waals surface area contributed by atoms with E-state index < -0.39 is 5.97 Å². The standard InChI is InChI=1S/C10H13N3O2/c1-5-4-7(10(14)15)8(6(2)11)9(12-3)13-5/h4,11H,1-3H3,(H,12,13)(H,14,15). The number of carbonyl (C=O) groups is 1. The molecule has 1 aromatic rings. The van der Waals surface area contributed by atoms with Crippen molar-refractivity contribution in [2.75, 3.05) is 12.4 Å². The minimum atomic E-state index is -1.04. The molecule has 1 aromatic heterocycles. The van der Waals surface area contributed by atoms with E-state index in [1.165, 1.54) is 6.07 Å². The molecule has 5 heteroatoms. The number of nitrogens with zero attached hydrogens (tertiary/aromatic N) is 1. The second-order valence-corrected chi connectivity index (χ2v) is 3.21. The lowest BCUT2D eigenvalue weighted by molar-refractivity contribution is 0.0696. The summed E-state index contributed by atoms with van der Waals surface area (Å²) in [5.74, 6) is -0.612. The Balaban J connectivity index is 3.54. The zero-order valence-electron chi connectivity index (χ0n) is 8.88. The number of rotatable bonds is 3. The average Bonchev–Trinajstić information content (AvgIpc) is 2.15. The lowest BCUT2D eigenvalue weighted by Crippen LogP contribution is -2.12. The van der Waals surface area contributed by atoms with E-state index in [4.69, 9.17) is 10.5 Å². The van der Waals surface area contributed by atoms with Gasteiger partial charge in [0.2, 0.25) is 0 Å². The molecule has 80 valence electrons. The van der Waals surface area contributed by atoms with Gasteiger partial charge in [0.15, 0.2) is 0 Å². The van der Waals surface area contributed by atoms with Gasteiger partial charge in [0.05, 0.1) is 11.1 Å². The fourth-order valence-corrected chi connectivity index (χ4v) is 1.40. The van der Waals surface area contributed by atoms with Crippen molar-refractivity contribution in [1.82, 2.24) is 4.98 Å². The molecule has 0 aliphatic rings. The molecular formula is C10H13N3O2. The third kappa shape index (κ3) is 2.12. The molecule has 1 rings (SSSR count). The molecule has 0 aromatic carbocycles. The van der Waals surface area contributed by atoms with Crippen LogP contribution < -0.4 is 5.32 Å². The zero-order chi connectivity index (χ0) is 11.6. The van der Waals surface area contributed by atoms with Gasteiger partial charge in [-0.2, -0.15) is 0 Å². The number of anilines is 1. The summed E-state index contributed by atoms with van der Waals surface area (Å²) in [5, 5.41) is 19.3. The lowest BCUT2D eigenvalue weighted by Gasteiger charge is -2.11. The molecule has 5 nitrogen and oxygen atoms in total. The molecular weight excluding hydrogens is 194 g/mol. The molecule has 0 aliphatic carbocycles. The molecule has 0 saturated heterocycles. The maximum absolute atomic E-state index is 11.0. The van der Waals surface area contributed by atoms with Gasteiger partial charge in [0, 0.05) is 18.5 Å². The number of carboxylic acid groups (broad SMARTS) is 1. The Morgan fingerprint density at radius 2 is 2.20 bits per heavy atom. The van der Waals surface area contributed by atoms with E-state index in [-0.39, 0.29) is 11.3 Å². The van der Waals surface area contributed by atoms with Crippen molar-refractivity contribution >= 4 is 17.5 Å². The normalized spacial score (nSPS) is 9.80. The summed E-state index contributed by atoms with van der Waals surface area (Å²) in [4.78, 5) is 15.1. The summed E-state index contributed by atoms with van der Waals surface area (Å²) >= 11 is 0. The minimum Gasteiger partial charge on any atom is -0.478 e. The summed E-state index contributed by atoms with van der Waals surface area (Å²) in [6, 6.07) is 1.47. The molecule has 0 fully saturated rings. The first-order valence-corrected chi connectivity index (χ1v) is 4.45. The van der Waals surface area contributed by atoms with Crippen LogP contribution in [0.3, 0.4) is 0 Å². The van der Waals surface area contributed by atoms with Crippen molar-refractivity contribution in [2.24, 2.45) is 0 Å². The van der Waals surface area contributed by atoms with Gasteiger partial charge in [0.1, 0.15) is 5.82 Å². The fraction of sp³-hybridized carbons (Fsp3) is 0.300. The van der Waals surface area contributed by atoms with Crippen LogP contribution in [-0.4, -0.2) is 28.8 Å². The fourth-order valence-electron chi connectivity index (χ4n) is 1.40. The van der Waals surface area contributed by atoms with Crippen molar-refractivity contribution in [1.29, 1.82) is 5.41 Å². The topological polar surface area (TPSA) is 86.1 Å². The van der Waals surface area contributed by atoms with Crippen molar-refractivity contribution in [3.63, 3.8) is 0 Å². The predicted octanol–water partition coefficient (Wildman–Crippen LogP) is 1.52. The summed E-state index contributed by atoms with van der Waals surface area (Å²) in [7, 11) is 1.65. The number of aromatic carboxylic acids is 1. The molecule has 0 atom stereocenters. The first kappa shape index (κ1) is 11.2. The highest BCUT2D eigenvalue weighted by Gasteiger charge is 2.17. The summed E-state index contributed by atoms with van der Waals surface area (Å²) in [6.45, 7) is 3.26. The third-order valence-corrected chi connectivity index (χ3v) is 1.99. The molecule has 0 bridgehead atoms. The van der Waals surface area contributed by atoms with E-state index in [0.29, 0.717) is 17.1 Å². The first-order valence-electron chi connectivity index (χ1n) is 4.45. The Morgan fingerprint density at radius 3 is 2.60 bits per heavy atom. The number of hydrogen-bond acceptors (Lipinski definition) is 4. The average molecular weight is 207 g/mol. The summed E-state index contributed by atoms with van der Waals surface area (Å²) < 4.78 is 0. The van der Waals surface area contributed by atoms with Crippen molar-refractivity contribution in [3.8, 4) is 0 Å². The van der Waals surface area contributed by atoms with Crippen LogP contribution in [0.4, 0.5) is 5.82 Å². The van der Waals surface area contributed by atoms with Crippen molar-refractivity contribution in [3.05, 3.63) is 22.9 Å². The Morgan fingerprint density at radius 1 is 1.60 bits per heavy atom. The first-order chi connectivity index (χ1) is 6.97. The second-order valence-electron chi connectivity index (χ2n) is 3.21. The third-order valence-electron chi connectivity index (χ3n) is 1.99. The molecule has 3 N–H and O–H groups in total. The Bertz CT molecular complexity index is 427. The van der Waals surface area contributed by atoms with Crippen LogP contribution in [0, 0.1) is 12.3 Å². The Hall–Kier alpha value is -1.91. The number of pyridine rings is 1. The molecule has 0 saturated carbocycles. The highest BCUT2D eigenvalue weighted by Crippen LogP contribution is 2.19. The minimum absolute atomic E-state index is 0.111. The molecule has 15 heavy (non-hydrogen) atoms. The number of nitrogens with one attached hydrogen (secondary N) is 2. The van der Waals surface area contributed by atoms with E-state index in [1.54, 1.807) is 20.9 Å². The number of aryl methyl sites for hydroxylation is 1. The summed E-state index contributed by atoms with van der Waals surface area (Å²) in [5.41, 5.74) is 1.25. The zero-order valence-corrected chi connectivity index (χ0v) is 8.88. The van der Waals surface area contributed by atoms with Gasteiger partial charge in [-0.05, 0) is 19.9 Å². The van der Waals surface area contributed by atoms with Crippen LogP contribution in [0.2, 0.25) is 0 Å². The highest BCUT2D eigenvalue weighted by atomic mass is 16.4. The summed E-state index contributed by atoms with van der Waals surface area (Å²) in [6.07, 6.45) is 0. The molecule has 0 aliphatic heterocycles. The Kier molecular flexibility index (Phi) is 3.04. The molecule has 0 spiro atoms. The van der Waals surface area contributed by atoms with Gasteiger partial charge in [-0.1, -0.05) is 0 Å². The number of aromatic nitrogens is 1. The maximum atomic E-state index is 11.0. The smallest absolute Gasteiger partial charge is 0.336 e. The van der Waals surface area contributed by atoms with Gasteiger partial charge in [-0.25, -0.2) is 9.78 Å². The van der Waals surface area contributed by atoms with Crippen LogP contribution >= 0.6 is 0 Å². The van der Waals surface area contributed by atoms with Gasteiger partial charge in [-0.3, -0.25) is 0 Å². The van der Waals surface area contributed by atoms with E-state index in [0.717, 1.165) is 0 Å². The van der Waals surface area contributed by atoms with Gasteiger partial charge in [-0.15, -0.1) is 0 Å². The SMILES string of the molecule is CNc1nc(C)cc(C(=O)O)c1C(C)=N. The van der Waals surface area contributed by atoms with E-state index in [9.17, 15) is 4.79 Å². The van der Waals surface area contributed by atoms with Gasteiger partial charge < -0.3 is 15.8 Å². The number of hydrogen-bond donors (Lipinski definition) is 3. The van der Waals surface area contributed by atoms with Gasteiger partial charge >= 0.3 is 5.97 Å². The molecule has 0 amide bonds. The van der Waals surface area contributed by atoms with E-state index >= 15 is 0 Å². The molecule has 0 unspecified atom stereocenters. The lowest BCUT2D eigenvalue weighted by atomic mass is 10.0. The maximum Gasteiger partial charge on any atom is 0.336 e. The van der Waals surface area contributed by atoms with E-state index in [2.05, 4.69) is 10.3 Å². The quantitative estimate of drug-likeness (QED) is 0.656.